The predicted octanol–water partition coefficient (Wildman–Crippen LogP) is 3.38. The van der Waals surface area contributed by atoms with E-state index in [1.165, 1.54) is 18.2 Å². The molecule has 0 saturated carbocycles. The molecule has 1 aromatic heterocycles. The van der Waals surface area contributed by atoms with Gasteiger partial charge in [-0.25, -0.2) is 9.18 Å². The summed E-state index contributed by atoms with van der Waals surface area (Å²) < 4.78 is 18.3. The van der Waals surface area contributed by atoms with E-state index in [1.54, 1.807) is 6.07 Å². The van der Waals surface area contributed by atoms with Gasteiger partial charge in [0.05, 0.1) is 0 Å². The third-order valence-electron chi connectivity index (χ3n) is 2.67. The molecule has 0 fully saturated rings. The molecule has 0 atom stereocenters. The number of nitrogens with zero attached hydrogens (tertiary/aromatic N) is 1. The second kappa shape index (κ2) is 5.22. The Hall–Kier alpha value is -2.17. The maximum Gasteiger partial charge on any atom is 0.341 e. The van der Waals surface area contributed by atoms with E-state index in [0.717, 1.165) is 0 Å². The average molecular weight is 263 g/mol. The van der Waals surface area contributed by atoms with E-state index in [-0.39, 0.29) is 17.2 Å². The number of aromatic nitrogens is 1. The van der Waals surface area contributed by atoms with Crippen molar-refractivity contribution in [3.05, 3.63) is 41.4 Å². The third-order valence-corrected chi connectivity index (χ3v) is 2.67. The molecule has 0 radical (unpaired) electrons. The molecule has 19 heavy (non-hydrogen) atoms. The minimum absolute atomic E-state index is 0.0132. The van der Waals surface area contributed by atoms with Gasteiger partial charge < -0.3 is 9.63 Å². The number of hydrogen-bond donors (Lipinski definition) is 1. The van der Waals surface area contributed by atoms with E-state index in [1.807, 2.05) is 13.8 Å². The van der Waals surface area contributed by atoms with E-state index in [0.29, 0.717) is 17.7 Å². The first-order chi connectivity index (χ1) is 8.99. The molecule has 0 bridgehead atoms. The number of aromatic carboxylic acids is 1. The highest BCUT2D eigenvalue weighted by Crippen LogP contribution is 2.27. The first kappa shape index (κ1) is 13.3. The summed E-state index contributed by atoms with van der Waals surface area (Å²) in [6.45, 7) is 3.91. The van der Waals surface area contributed by atoms with Crippen LogP contribution in [0.2, 0.25) is 0 Å². The summed E-state index contributed by atoms with van der Waals surface area (Å²) in [5.74, 6) is -0.994. The van der Waals surface area contributed by atoms with Crippen LogP contribution in [0.3, 0.4) is 0 Å². The van der Waals surface area contributed by atoms with Crippen LogP contribution in [0.4, 0.5) is 4.39 Å². The summed E-state index contributed by atoms with van der Waals surface area (Å²) in [5.41, 5.74) is 0.582. The van der Waals surface area contributed by atoms with Gasteiger partial charge in [-0.2, -0.15) is 0 Å². The lowest BCUT2D eigenvalue weighted by molar-refractivity contribution is 0.0695. The van der Waals surface area contributed by atoms with Crippen LogP contribution in [0.25, 0.3) is 11.3 Å². The molecule has 0 spiro atoms. The van der Waals surface area contributed by atoms with Crippen molar-refractivity contribution in [2.24, 2.45) is 5.92 Å². The van der Waals surface area contributed by atoms with Crippen molar-refractivity contribution in [1.29, 1.82) is 0 Å². The van der Waals surface area contributed by atoms with Crippen LogP contribution in [-0.4, -0.2) is 16.2 Å². The molecule has 0 unspecified atom stereocenters. The minimum Gasteiger partial charge on any atom is -0.477 e. The maximum absolute atomic E-state index is 13.2. The standard InChI is InChI=1S/C14H14FNO3/c1-8(2)6-11-12(14(17)18)13(16-19-11)9-4-3-5-10(15)7-9/h3-5,7-8H,6H2,1-2H3,(H,17,18). The Labute approximate surface area is 109 Å². The molecule has 1 heterocycles. The quantitative estimate of drug-likeness (QED) is 0.918. The summed E-state index contributed by atoms with van der Waals surface area (Å²) in [4.78, 5) is 11.3. The fourth-order valence-corrected chi connectivity index (χ4v) is 1.89. The van der Waals surface area contributed by atoms with Crippen LogP contribution in [0.5, 0.6) is 0 Å². The van der Waals surface area contributed by atoms with Gasteiger partial charge in [0, 0.05) is 12.0 Å². The maximum atomic E-state index is 13.2. The Kier molecular flexibility index (Phi) is 3.64. The second-order valence-electron chi connectivity index (χ2n) is 4.74. The highest BCUT2D eigenvalue weighted by Gasteiger charge is 2.24. The summed E-state index contributed by atoms with van der Waals surface area (Å²) in [7, 11) is 0. The molecular weight excluding hydrogens is 249 g/mol. The summed E-state index contributed by atoms with van der Waals surface area (Å²) in [5, 5.41) is 13.1. The smallest absolute Gasteiger partial charge is 0.341 e. The van der Waals surface area contributed by atoms with E-state index >= 15 is 0 Å². The predicted molar refractivity (Wildman–Crippen MR) is 67.4 cm³/mol. The number of carboxylic acids is 1. The topological polar surface area (TPSA) is 63.3 Å². The van der Waals surface area contributed by atoms with Gasteiger partial charge in [0.2, 0.25) is 0 Å². The summed E-state index contributed by atoms with van der Waals surface area (Å²) in [6, 6.07) is 5.64. The van der Waals surface area contributed by atoms with Crippen LogP contribution in [0, 0.1) is 11.7 Å². The molecule has 2 aromatic rings. The lowest BCUT2D eigenvalue weighted by Crippen LogP contribution is -2.04. The van der Waals surface area contributed by atoms with Gasteiger partial charge in [0.1, 0.15) is 17.1 Å². The minimum atomic E-state index is -1.11. The molecular formula is C14H14FNO3. The van der Waals surface area contributed by atoms with E-state index < -0.39 is 11.8 Å². The summed E-state index contributed by atoms with van der Waals surface area (Å²) >= 11 is 0. The van der Waals surface area contributed by atoms with Gasteiger partial charge >= 0.3 is 5.97 Å². The third kappa shape index (κ3) is 2.81. The van der Waals surface area contributed by atoms with E-state index in [2.05, 4.69) is 5.16 Å². The van der Waals surface area contributed by atoms with Gasteiger partial charge in [0.25, 0.3) is 0 Å². The molecule has 0 saturated heterocycles. The fraction of sp³-hybridized carbons (Fsp3) is 0.286. The molecule has 1 N–H and O–H groups in total. The molecule has 4 nitrogen and oxygen atoms in total. The number of rotatable bonds is 4. The van der Waals surface area contributed by atoms with Crippen molar-refractivity contribution in [3.8, 4) is 11.3 Å². The van der Waals surface area contributed by atoms with Crippen molar-refractivity contribution in [2.75, 3.05) is 0 Å². The van der Waals surface area contributed by atoms with Crippen LogP contribution in [-0.2, 0) is 6.42 Å². The van der Waals surface area contributed by atoms with Crippen LogP contribution >= 0.6 is 0 Å². The van der Waals surface area contributed by atoms with Crippen molar-refractivity contribution in [2.45, 2.75) is 20.3 Å². The number of carboxylic acid groups (broad SMARTS) is 1. The molecule has 0 amide bonds. The number of carbonyl (C=O) groups is 1. The molecule has 1 aromatic carbocycles. The van der Waals surface area contributed by atoms with E-state index in [4.69, 9.17) is 4.52 Å². The highest BCUT2D eigenvalue weighted by atomic mass is 19.1. The molecule has 100 valence electrons. The van der Waals surface area contributed by atoms with Crippen molar-refractivity contribution < 1.29 is 18.8 Å². The lowest BCUT2D eigenvalue weighted by Gasteiger charge is -2.02. The normalized spacial score (nSPS) is 10.9. The molecule has 2 rings (SSSR count). The molecule has 0 aliphatic carbocycles. The zero-order valence-corrected chi connectivity index (χ0v) is 10.7. The number of halogens is 1. The monoisotopic (exact) mass is 263 g/mol. The molecule has 0 aliphatic rings. The Bertz CT molecular complexity index is 604. The Balaban J connectivity index is 2.52. The van der Waals surface area contributed by atoms with Gasteiger partial charge in [-0.05, 0) is 18.1 Å². The second-order valence-corrected chi connectivity index (χ2v) is 4.74. The average Bonchev–Trinajstić information content (AvgIpc) is 2.71. The van der Waals surface area contributed by atoms with Gasteiger partial charge in [-0.3, -0.25) is 0 Å². The first-order valence-electron chi connectivity index (χ1n) is 5.96. The summed E-state index contributed by atoms with van der Waals surface area (Å²) in [6.07, 6.45) is 0.476. The highest BCUT2D eigenvalue weighted by molar-refractivity contribution is 5.95. The number of hydrogen-bond acceptors (Lipinski definition) is 3. The van der Waals surface area contributed by atoms with Gasteiger partial charge in [-0.1, -0.05) is 31.1 Å². The van der Waals surface area contributed by atoms with E-state index in [9.17, 15) is 14.3 Å². The van der Waals surface area contributed by atoms with Crippen LogP contribution in [0.15, 0.2) is 28.8 Å². The Morgan fingerprint density at radius 2 is 2.21 bits per heavy atom. The Morgan fingerprint density at radius 1 is 1.47 bits per heavy atom. The van der Waals surface area contributed by atoms with Crippen LogP contribution < -0.4 is 0 Å². The van der Waals surface area contributed by atoms with Crippen molar-refractivity contribution >= 4 is 5.97 Å². The number of benzene rings is 1. The van der Waals surface area contributed by atoms with Crippen molar-refractivity contribution in [1.82, 2.24) is 5.16 Å². The Morgan fingerprint density at radius 3 is 2.79 bits per heavy atom. The van der Waals surface area contributed by atoms with Crippen LogP contribution in [0.1, 0.15) is 30.0 Å². The lowest BCUT2D eigenvalue weighted by atomic mass is 10.0. The van der Waals surface area contributed by atoms with Gasteiger partial charge in [-0.15, -0.1) is 0 Å². The zero-order chi connectivity index (χ0) is 14.0. The fourth-order valence-electron chi connectivity index (χ4n) is 1.89. The molecule has 0 aliphatic heterocycles. The SMILES string of the molecule is CC(C)Cc1onc(-c2cccc(F)c2)c1C(=O)O. The first-order valence-corrected chi connectivity index (χ1v) is 5.96. The van der Waals surface area contributed by atoms with Gasteiger partial charge in [0.15, 0.2) is 5.76 Å². The van der Waals surface area contributed by atoms with Crippen molar-refractivity contribution in [3.63, 3.8) is 0 Å². The molecule has 5 heteroatoms. The largest absolute Gasteiger partial charge is 0.477 e. The zero-order valence-electron chi connectivity index (χ0n) is 10.7.